The number of carbonyl (C=O) groups is 1. The van der Waals surface area contributed by atoms with E-state index in [2.05, 4.69) is 27.9 Å². The fourth-order valence-electron chi connectivity index (χ4n) is 1.78. The first-order chi connectivity index (χ1) is 9.58. The van der Waals surface area contributed by atoms with Gasteiger partial charge in [0.2, 0.25) is 0 Å². The molecule has 20 heavy (non-hydrogen) atoms. The first kappa shape index (κ1) is 15.6. The summed E-state index contributed by atoms with van der Waals surface area (Å²) in [4.78, 5) is 12.0. The van der Waals surface area contributed by atoms with Gasteiger partial charge in [-0.2, -0.15) is 0 Å². The van der Waals surface area contributed by atoms with Crippen molar-refractivity contribution in [1.29, 1.82) is 0 Å². The highest BCUT2D eigenvalue weighted by atomic mass is 127. The Kier molecular flexibility index (Phi) is 5.69. The van der Waals surface area contributed by atoms with Crippen LogP contribution in [0.15, 0.2) is 42.5 Å². The van der Waals surface area contributed by atoms with Gasteiger partial charge in [-0.05, 0) is 58.8 Å². The first-order valence-corrected chi connectivity index (χ1v) is 7.88. The van der Waals surface area contributed by atoms with Crippen LogP contribution in [0, 0.1) is 3.57 Å². The van der Waals surface area contributed by atoms with Crippen LogP contribution < -0.4 is 5.32 Å². The minimum atomic E-state index is -0.0694. The molecular formula is C15H12Cl2INO. The second kappa shape index (κ2) is 7.29. The zero-order valence-corrected chi connectivity index (χ0v) is 14.2. The third kappa shape index (κ3) is 4.11. The molecule has 0 aliphatic carbocycles. The zero-order chi connectivity index (χ0) is 14.5. The molecule has 5 heteroatoms. The average molecular weight is 420 g/mol. The molecule has 0 saturated carbocycles. The quantitative estimate of drug-likeness (QED) is 0.722. The number of amides is 1. The molecule has 0 aromatic heterocycles. The molecule has 0 spiro atoms. The number of benzene rings is 2. The van der Waals surface area contributed by atoms with E-state index in [1.54, 1.807) is 12.1 Å². The number of hydrogen-bond acceptors (Lipinski definition) is 1. The van der Waals surface area contributed by atoms with Crippen molar-refractivity contribution in [2.45, 2.75) is 6.42 Å². The van der Waals surface area contributed by atoms with E-state index in [1.807, 2.05) is 30.3 Å². The summed E-state index contributed by atoms with van der Waals surface area (Å²) in [6, 6.07) is 12.9. The van der Waals surface area contributed by atoms with Crippen LogP contribution in [0.3, 0.4) is 0 Å². The van der Waals surface area contributed by atoms with E-state index in [4.69, 9.17) is 23.2 Å². The Morgan fingerprint density at radius 2 is 1.90 bits per heavy atom. The van der Waals surface area contributed by atoms with Gasteiger partial charge in [-0.1, -0.05) is 41.4 Å². The van der Waals surface area contributed by atoms with Crippen LogP contribution in [-0.2, 0) is 6.42 Å². The highest BCUT2D eigenvalue weighted by molar-refractivity contribution is 14.1. The van der Waals surface area contributed by atoms with E-state index in [9.17, 15) is 4.79 Å². The van der Waals surface area contributed by atoms with Gasteiger partial charge in [0.1, 0.15) is 0 Å². The lowest BCUT2D eigenvalue weighted by atomic mass is 10.1. The normalized spacial score (nSPS) is 10.3. The molecule has 0 fully saturated rings. The maximum absolute atomic E-state index is 12.0. The van der Waals surface area contributed by atoms with Gasteiger partial charge in [0.05, 0.1) is 5.56 Å². The van der Waals surface area contributed by atoms with E-state index >= 15 is 0 Å². The van der Waals surface area contributed by atoms with Gasteiger partial charge < -0.3 is 5.32 Å². The van der Waals surface area contributed by atoms with Crippen LogP contribution >= 0.6 is 45.8 Å². The lowest BCUT2D eigenvalue weighted by molar-refractivity contribution is 0.0953. The summed E-state index contributed by atoms with van der Waals surface area (Å²) in [5, 5.41) is 4.13. The van der Waals surface area contributed by atoms with Crippen molar-refractivity contribution in [3.8, 4) is 0 Å². The Morgan fingerprint density at radius 1 is 1.15 bits per heavy atom. The van der Waals surface area contributed by atoms with Gasteiger partial charge in [0, 0.05) is 20.2 Å². The Labute approximate surface area is 141 Å². The van der Waals surface area contributed by atoms with Gasteiger partial charge in [-0.15, -0.1) is 0 Å². The molecule has 0 unspecified atom stereocenters. The molecule has 1 amide bonds. The Morgan fingerprint density at radius 3 is 2.60 bits per heavy atom. The van der Waals surface area contributed by atoms with Crippen LogP contribution in [-0.4, -0.2) is 12.5 Å². The average Bonchev–Trinajstić information content (AvgIpc) is 2.41. The monoisotopic (exact) mass is 419 g/mol. The molecule has 1 N–H and O–H groups in total. The minimum Gasteiger partial charge on any atom is -0.352 e. The van der Waals surface area contributed by atoms with Crippen LogP contribution in [0.25, 0.3) is 0 Å². The molecule has 0 atom stereocenters. The number of halogens is 3. The Hall–Kier alpha value is -0.780. The first-order valence-electron chi connectivity index (χ1n) is 6.04. The van der Waals surface area contributed by atoms with E-state index in [-0.39, 0.29) is 5.91 Å². The fraction of sp³-hybridized carbons (Fsp3) is 0.133. The summed E-state index contributed by atoms with van der Waals surface area (Å²) < 4.78 is 0.937. The maximum Gasteiger partial charge on any atom is 0.252 e. The minimum absolute atomic E-state index is 0.0694. The van der Waals surface area contributed by atoms with Crippen LogP contribution in [0.2, 0.25) is 10.0 Å². The third-order valence-corrected chi connectivity index (χ3v) is 4.34. The SMILES string of the molecule is O=C(NCCc1ccc(Cl)cc1Cl)c1ccccc1I. The number of hydrogen-bond donors (Lipinski definition) is 1. The molecule has 2 nitrogen and oxygen atoms in total. The van der Waals surface area contributed by atoms with E-state index in [0.717, 1.165) is 9.13 Å². The lowest BCUT2D eigenvalue weighted by Crippen LogP contribution is -2.26. The molecular weight excluding hydrogens is 408 g/mol. The predicted octanol–water partition coefficient (Wildman–Crippen LogP) is 4.57. The summed E-state index contributed by atoms with van der Waals surface area (Å²) in [5.41, 5.74) is 1.66. The number of nitrogens with one attached hydrogen (secondary N) is 1. The van der Waals surface area contributed by atoms with Gasteiger partial charge >= 0.3 is 0 Å². The molecule has 0 aliphatic rings. The number of rotatable bonds is 4. The molecule has 0 heterocycles. The van der Waals surface area contributed by atoms with Crippen LogP contribution in [0.4, 0.5) is 0 Å². The molecule has 104 valence electrons. The fourth-order valence-corrected chi connectivity index (χ4v) is 2.91. The van der Waals surface area contributed by atoms with E-state index in [1.165, 1.54) is 0 Å². The van der Waals surface area contributed by atoms with Crippen LogP contribution in [0.1, 0.15) is 15.9 Å². The van der Waals surface area contributed by atoms with Gasteiger partial charge in [-0.25, -0.2) is 0 Å². The van der Waals surface area contributed by atoms with Gasteiger partial charge in [-0.3, -0.25) is 4.79 Å². The van der Waals surface area contributed by atoms with Gasteiger partial charge in [0.25, 0.3) is 5.91 Å². The van der Waals surface area contributed by atoms with Gasteiger partial charge in [0.15, 0.2) is 0 Å². The molecule has 0 saturated heterocycles. The zero-order valence-electron chi connectivity index (χ0n) is 10.5. The van der Waals surface area contributed by atoms with Crippen LogP contribution in [0.5, 0.6) is 0 Å². The summed E-state index contributed by atoms with van der Waals surface area (Å²) in [6.45, 7) is 0.533. The van der Waals surface area contributed by atoms with Crippen molar-refractivity contribution in [3.05, 3.63) is 67.2 Å². The van der Waals surface area contributed by atoms with Crippen molar-refractivity contribution in [1.82, 2.24) is 5.32 Å². The smallest absolute Gasteiger partial charge is 0.252 e. The second-order valence-corrected chi connectivity index (χ2v) is 6.23. The van der Waals surface area contributed by atoms with E-state index in [0.29, 0.717) is 28.6 Å². The Balaban J connectivity index is 1.93. The lowest BCUT2D eigenvalue weighted by Gasteiger charge is -2.08. The molecule has 2 aromatic rings. The third-order valence-electron chi connectivity index (χ3n) is 2.81. The summed E-state index contributed by atoms with van der Waals surface area (Å²) in [5.74, 6) is -0.0694. The molecule has 2 aromatic carbocycles. The molecule has 0 aliphatic heterocycles. The second-order valence-electron chi connectivity index (χ2n) is 4.22. The molecule has 2 rings (SSSR count). The van der Waals surface area contributed by atoms with E-state index < -0.39 is 0 Å². The largest absolute Gasteiger partial charge is 0.352 e. The Bertz CT molecular complexity index is 631. The molecule has 0 bridgehead atoms. The highest BCUT2D eigenvalue weighted by Crippen LogP contribution is 2.21. The predicted molar refractivity (Wildman–Crippen MR) is 91.7 cm³/mol. The topological polar surface area (TPSA) is 29.1 Å². The van der Waals surface area contributed by atoms with Crippen molar-refractivity contribution >= 4 is 51.7 Å². The number of carbonyl (C=O) groups excluding carboxylic acids is 1. The summed E-state index contributed by atoms with van der Waals surface area (Å²) in [6.07, 6.45) is 0.672. The summed E-state index contributed by atoms with van der Waals surface area (Å²) >= 11 is 14.1. The van der Waals surface area contributed by atoms with Crippen molar-refractivity contribution in [3.63, 3.8) is 0 Å². The molecule has 0 radical (unpaired) electrons. The van der Waals surface area contributed by atoms with Crippen molar-refractivity contribution < 1.29 is 4.79 Å². The highest BCUT2D eigenvalue weighted by Gasteiger charge is 2.08. The van der Waals surface area contributed by atoms with Crippen molar-refractivity contribution in [2.75, 3.05) is 6.54 Å². The maximum atomic E-state index is 12.0. The standard InChI is InChI=1S/C15H12Cl2INO/c16-11-6-5-10(13(17)9-11)7-8-19-15(20)12-3-1-2-4-14(12)18/h1-6,9H,7-8H2,(H,19,20). The van der Waals surface area contributed by atoms with Crippen molar-refractivity contribution in [2.24, 2.45) is 0 Å². The summed E-state index contributed by atoms with van der Waals surface area (Å²) in [7, 11) is 0.